The average molecular weight is 1020 g/mol. The summed E-state index contributed by atoms with van der Waals surface area (Å²) in [5.41, 5.74) is 2.73. The molecule has 312 valence electrons. The van der Waals surface area contributed by atoms with E-state index in [0.717, 1.165) is 10.7 Å². The Morgan fingerprint density at radius 3 is 1.03 bits per heavy atom. The first-order valence-electron chi connectivity index (χ1n) is 22.0. The molecular formula is C50H62Br2S6. The fraction of sp³-hybridized carbons (Fsp3) is 0.480. The van der Waals surface area contributed by atoms with E-state index >= 15 is 0 Å². The minimum absolute atomic E-state index is 1.16. The zero-order valence-corrected chi connectivity index (χ0v) is 42.3. The van der Waals surface area contributed by atoms with Gasteiger partial charge in [0.1, 0.15) is 0 Å². The van der Waals surface area contributed by atoms with E-state index < -0.39 is 0 Å². The highest BCUT2D eigenvalue weighted by molar-refractivity contribution is 9.09. The summed E-state index contributed by atoms with van der Waals surface area (Å²) in [4.78, 5) is 2.91. The molecule has 0 aliphatic carbocycles. The van der Waals surface area contributed by atoms with Crippen LogP contribution < -0.4 is 0 Å². The smallest absolute Gasteiger partial charge is 0.0712 e. The van der Waals surface area contributed by atoms with E-state index in [0.29, 0.717) is 0 Å². The monoisotopic (exact) mass is 1010 g/mol. The molecule has 0 saturated carbocycles. The van der Waals surface area contributed by atoms with Gasteiger partial charge in [0, 0.05) is 20.5 Å². The molecule has 0 radical (unpaired) electrons. The van der Waals surface area contributed by atoms with E-state index in [-0.39, 0.29) is 0 Å². The maximum absolute atomic E-state index is 3.56. The van der Waals surface area contributed by atoms with Gasteiger partial charge in [0.15, 0.2) is 0 Å². The first-order chi connectivity index (χ1) is 28.7. The van der Waals surface area contributed by atoms with Crippen LogP contribution in [0.25, 0.3) is 31.4 Å². The molecule has 0 bridgehead atoms. The molecule has 2 aliphatic heterocycles. The highest BCUT2D eigenvalue weighted by Crippen LogP contribution is 2.66. The second-order valence-corrected chi connectivity index (χ2v) is 24.4. The van der Waals surface area contributed by atoms with Gasteiger partial charge < -0.3 is 0 Å². The molecule has 0 unspecified atom stereocenters. The van der Waals surface area contributed by atoms with Crippen LogP contribution in [0.3, 0.4) is 0 Å². The number of alkyl halides is 2. The molecule has 0 N–H and O–H groups in total. The van der Waals surface area contributed by atoms with Crippen molar-refractivity contribution in [2.45, 2.75) is 128 Å². The molecule has 58 heavy (non-hydrogen) atoms. The first-order valence-corrected chi connectivity index (χ1v) is 29.5. The third-order valence-electron chi connectivity index (χ3n) is 10.8. The summed E-state index contributed by atoms with van der Waals surface area (Å²) in [5.74, 6) is 2.41. The van der Waals surface area contributed by atoms with Crippen LogP contribution in [-0.4, -0.2) is 22.2 Å². The number of thioether (sulfide) groups is 6. The van der Waals surface area contributed by atoms with E-state index in [9.17, 15) is 0 Å². The largest absolute Gasteiger partial charge is 0.118 e. The minimum atomic E-state index is 1.16. The number of fused-ring (bicyclic) bond motifs is 2. The number of benzene rings is 4. The summed E-state index contributed by atoms with van der Waals surface area (Å²) < 4.78 is 5.94. The number of hydrogen-bond donors (Lipinski definition) is 0. The molecular weight excluding hydrogens is 953 g/mol. The Kier molecular flexibility index (Phi) is 22.5. The maximum atomic E-state index is 3.56. The van der Waals surface area contributed by atoms with Gasteiger partial charge in [-0.25, -0.2) is 0 Å². The molecule has 0 fully saturated rings. The van der Waals surface area contributed by atoms with E-state index in [1.165, 1.54) is 199 Å². The summed E-state index contributed by atoms with van der Waals surface area (Å²) in [5, 5.41) is 7.61. The number of halogens is 2. The molecule has 2 aliphatic rings. The SMILES string of the molecule is BrCCCCCCCCCCCCSC1=C(c2ccc3ccccc3c2)S/C(=C2/SC(SCCCCCCCCCCCCBr)=C(c3ccc4ccccc4c3)S2)S1. The maximum Gasteiger partial charge on any atom is 0.0712 e. The van der Waals surface area contributed by atoms with Crippen molar-refractivity contribution in [2.24, 2.45) is 0 Å². The van der Waals surface area contributed by atoms with Crippen LogP contribution in [0.5, 0.6) is 0 Å². The van der Waals surface area contributed by atoms with Crippen LogP contribution in [-0.2, 0) is 0 Å². The Labute approximate surface area is 393 Å². The van der Waals surface area contributed by atoms with Gasteiger partial charge in [0.2, 0.25) is 0 Å². The van der Waals surface area contributed by atoms with Gasteiger partial charge in [-0.3, -0.25) is 0 Å². The van der Waals surface area contributed by atoms with Gasteiger partial charge in [-0.15, -0.1) is 23.5 Å². The van der Waals surface area contributed by atoms with Crippen LogP contribution in [0.4, 0.5) is 0 Å². The van der Waals surface area contributed by atoms with Gasteiger partial charge >= 0.3 is 0 Å². The second kappa shape index (κ2) is 27.7. The molecule has 4 aromatic rings. The van der Waals surface area contributed by atoms with Crippen molar-refractivity contribution >= 4 is 134 Å². The fourth-order valence-corrected chi connectivity index (χ4v) is 17.2. The van der Waals surface area contributed by atoms with Crippen molar-refractivity contribution in [1.29, 1.82) is 0 Å². The molecule has 0 aromatic heterocycles. The normalized spacial score (nSPS) is 15.9. The Hall–Kier alpha value is -0.320. The number of hydrogen-bond acceptors (Lipinski definition) is 6. The Balaban J connectivity index is 1.08. The lowest BCUT2D eigenvalue weighted by Gasteiger charge is -2.07. The lowest BCUT2D eigenvalue weighted by Crippen LogP contribution is -1.85. The van der Waals surface area contributed by atoms with Crippen molar-refractivity contribution in [3.05, 3.63) is 113 Å². The van der Waals surface area contributed by atoms with E-state index in [4.69, 9.17) is 0 Å². The molecule has 2 heterocycles. The zero-order valence-electron chi connectivity index (χ0n) is 34.3. The van der Waals surface area contributed by atoms with Crippen LogP contribution >= 0.6 is 102 Å². The Morgan fingerprint density at radius 1 is 0.345 bits per heavy atom. The molecule has 6 rings (SSSR count). The van der Waals surface area contributed by atoms with E-state index in [1.54, 1.807) is 0 Å². The molecule has 0 atom stereocenters. The van der Waals surface area contributed by atoms with Crippen LogP contribution in [0.1, 0.15) is 140 Å². The summed E-state index contributed by atoms with van der Waals surface area (Å²) in [6.45, 7) is 0. The third kappa shape index (κ3) is 15.5. The van der Waals surface area contributed by atoms with Crippen LogP contribution in [0, 0.1) is 0 Å². The summed E-state index contributed by atoms with van der Waals surface area (Å²) in [6, 6.07) is 31.9. The predicted octanol–water partition coefficient (Wildman–Crippen LogP) is 20.1. The first kappa shape index (κ1) is 47.2. The number of rotatable bonds is 28. The molecule has 0 saturated heterocycles. The topological polar surface area (TPSA) is 0 Å². The zero-order chi connectivity index (χ0) is 40.0. The summed E-state index contributed by atoms with van der Waals surface area (Å²) in [7, 11) is 0. The van der Waals surface area contributed by atoms with Crippen molar-refractivity contribution in [1.82, 2.24) is 0 Å². The molecule has 0 nitrogen and oxygen atoms in total. The van der Waals surface area contributed by atoms with Gasteiger partial charge in [0.05, 0.1) is 16.9 Å². The van der Waals surface area contributed by atoms with Gasteiger partial charge in [0.25, 0.3) is 0 Å². The number of unbranched alkanes of at least 4 members (excludes halogenated alkanes) is 18. The van der Waals surface area contributed by atoms with Crippen LogP contribution in [0.2, 0.25) is 0 Å². The standard InChI is InChI=1S/C50H62Br2S6/c51-33-21-13-9-5-1-3-7-11-15-23-35-53-47-45(43-31-29-39-25-17-19-27-41(39)37-43)55-49(57-47)50-56-46(44-32-30-40-26-18-20-28-42(40)38-44)48(58-50)54-36-24-16-12-8-4-2-6-10-14-22-34-52/h17-20,25-32,37-38H,1-16,21-24,33-36H2/b50-49-. The van der Waals surface area contributed by atoms with Gasteiger partial charge in [-0.1, -0.05) is 254 Å². The van der Waals surface area contributed by atoms with Crippen molar-refractivity contribution < 1.29 is 0 Å². The van der Waals surface area contributed by atoms with E-state index in [2.05, 4.69) is 164 Å². The Bertz CT molecular complexity index is 1810. The van der Waals surface area contributed by atoms with Gasteiger partial charge in [-0.2, -0.15) is 0 Å². The second-order valence-electron chi connectivity index (χ2n) is 15.5. The summed E-state index contributed by atoms with van der Waals surface area (Å²) >= 11 is 19.5. The van der Waals surface area contributed by atoms with Crippen molar-refractivity contribution in [3.63, 3.8) is 0 Å². The average Bonchev–Trinajstić information content (AvgIpc) is 3.89. The van der Waals surface area contributed by atoms with Crippen LogP contribution in [0.15, 0.2) is 102 Å². The third-order valence-corrected chi connectivity index (χ3v) is 20.7. The lowest BCUT2D eigenvalue weighted by molar-refractivity contribution is 0.564. The molecule has 0 spiro atoms. The lowest BCUT2D eigenvalue weighted by atomic mass is 10.1. The van der Waals surface area contributed by atoms with E-state index in [1.807, 2.05) is 23.5 Å². The van der Waals surface area contributed by atoms with Crippen molar-refractivity contribution in [3.8, 4) is 0 Å². The Morgan fingerprint density at radius 2 is 0.672 bits per heavy atom. The molecule has 8 heteroatoms. The summed E-state index contributed by atoms with van der Waals surface area (Å²) in [6.07, 6.45) is 27.6. The molecule has 4 aromatic carbocycles. The van der Waals surface area contributed by atoms with Crippen molar-refractivity contribution in [2.75, 3.05) is 22.2 Å². The van der Waals surface area contributed by atoms with Gasteiger partial charge in [-0.05, 0) is 82.0 Å². The highest BCUT2D eigenvalue weighted by atomic mass is 79.9. The fourth-order valence-electron chi connectivity index (χ4n) is 7.49. The highest BCUT2D eigenvalue weighted by Gasteiger charge is 2.31. The molecule has 0 amide bonds. The minimum Gasteiger partial charge on any atom is -0.118 e. The predicted molar refractivity (Wildman–Crippen MR) is 284 cm³/mol. The quantitative estimate of drug-likeness (QED) is 0.0408.